The largest absolute Gasteiger partial charge is 0.316 e. The Hall–Kier alpha value is -0.380. The van der Waals surface area contributed by atoms with E-state index in [9.17, 15) is 0 Å². The Kier molecular flexibility index (Phi) is 6.72. The second kappa shape index (κ2) is 8.30. The number of benzene rings is 2. The number of hydrogen-bond donors (Lipinski definition) is 1. The van der Waals surface area contributed by atoms with E-state index in [1.807, 2.05) is 43.4 Å². The minimum absolute atomic E-state index is 0.310. The second-order valence-corrected chi connectivity index (χ2v) is 7.07. The van der Waals surface area contributed by atoms with Crippen LogP contribution in [0.25, 0.3) is 0 Å². The van der Waals surface area contributed by atoms with Gasteiger partial charge in [-0.15, -0.1) is 11.8 Å². The van der Waals surface area contributed by atoms with Crippen LogP contribution >= 0.6 is 46.6 Å². The van der Waals surface area contributed by atoms with Gasteiger partial charge in [0.25, 0.3) is 0 Å². The van der Waals surface area contributed by atoms with Crippen LogP contribution in [0, 0.1) is 0 Å². The van der Waals surface area contributed by atoms with Crippen molar-refractivity contribution in [2.75, 3.05) is 12.8 Å². The SMILES string of the molecule is CNC(CSc1cccc(Cl)c1)Cc1cc(Cl)ccc1Cl. The van der Waals surface area contributed by atoms with Crippen molar-refractivity contribution in [1.82, 2.24) is 5.32 Å². The molecular formula is C16H16Cl3NS. The smallest absolute Gasteiger partial charge is 0.0439 e. The van der Waals surface area contributed by atoms with Crippen molar-refractivity contribution in [1.29, 1.82) is 0 Å². The van der Waals surface area contributed by atoms with Gasteiger partial charge in [0.05, 0.1) is 0 Å². The number of thioether (sulfide) groups is 1. The molecule has 0 fully saturated rings. The maximum atomic E-state index is 6.22. The molecule has 0 spiro atoms. The summed E-state index contributed by atoms with van der Waals surface area (Å²) in [7, 11) is 1.96. The van der Waals surface area contributed by atoms with Gasteiger partial charge in [0.1, 0.15) is 0 Å². The third-order valence-electron chi connectivity index (χ3n) is 3.13. The Balaban J connectivity index is 1.98. The van der Waals surface area contributed by atoms with Crippen molar-refractivity contribution in [3.63, 3.8) is 0 Å². The Morgan fingerprint density at radius 3 is 2.52 bits per heavy atom. The van der Waals surface area contributed by atoms with E-state index in [4.69, 9.17) is 34.8 Å². The maximum Gasteiger partial charge on any atom is 0.0439 e. The van der Waals surface area contributed by atoms with E-state index in [-0.39, 0.29) is 0 Å². The highest BCUT2D eigenvalue weighted by atomic mass is 35.5. The quantitative estimate of drug-likeness (QED) is 0.676. The number of likely N-dealkylation sites (N-methyl/N-ethyl adjacent to an activating group) is 1. The molecule has 0 heterocycles. The van der Waals surface area contributed by atoms with Crippen LogP contribution in [-0.2, 0) is 6.42 Å². The first kappa shape index (κ1) is 17.0. The van der Waals surface area contributed by atoms with Crippen LogP contribution in [0.1, 0.15) is 5.56 Å². The average molecular weight is 361 g/mol. The van der Waals surface area contributed by atoms with Crippen LogP contribution in [-0.4, -0.2) is 18.8 Å². The van der Waals surface area contributed by atoms with Crippen LogP contribution in [0.4, 0.5) is 0 Å². The first-order chi connectivity index (χ1) is 10.1. The van der Waals surface area contributed by atoms with Gasteiger partial charge in [-0.2, -0.15) is 0 Å². The molecule has 2 rings (SSSR count). The van der Waals surface area contributed by atoms with E-state index < -0.39 is 0 Å². The molecule has 0 saturated carbocycles. The zero-order chi connectivity index (χ0) is 15.2. The summed E-state index contributed by atoms with van der Waals surface area (Å²) in [4.78, 5) is 1.17. The lowest BCUT2D eigenvalue weighted by Gasteiger charge is -2.17. The predicted molar refractivity (Wildman–Crippen MR) is 95.2 cm³/mol. The van der Waals surface area contributed by atoms with Gasteiger partial charge in [0, 0.05) is 31.8 Å². The molecule has 0 aliphatic rings. The summed E-state index contributed by atoms with van der Waals surface area (Å²) >= 11 is 20.0. The number of nitrogens with one attached hydrogen (secondary N) is 1. The van der Waals surface area contributed by atoms with Crippen molar-refractivity contribution in [3.8, 4) is 0 Å². The standard InChI is InChI=1S/C16H16Cl3NS/c1-20-14(8-11-7-13(18)5-6-16(11)19)10-21-15-4-2-3-12(17)9-15/h2-7,9,14,20H,8,10H2,1H3. The predicted octanol–water partition coefficient (Wildman–Crippen LogP) is 5.57. The summed E-state index contributed by atoms with van der Waals surface area (Å²) in [5, 5.41) is 5.56. The molecule has 1 nitrogen and oxygen atoms in total. The number of rotatable bonds is 6. The van der Waals surface area contributed by atoms with Gasteiger partial charge < -0.3 is 5.32 Å². The van der Waals surface area contributed by atoms with E-state index in [2.05, 4.69) is 11.4 Å². The van der Waals surface area contributed by atoms with Gasteiger partial charge in [-0.1, -0.05) is 40.9 Å². The van der Waals surface area contributed by atoms with Gasteiger partial charge in [-0.05, 0) is 55.4 Å². The molecule has 0 radical (unpaired) electrons. The van der Waals surface area contributed by atoms with Crippen LogP contribution in [0.3, 0.4) is 0 Å². The highest BCUT2D eigenvalue weighted by Gasteiger charge is 2.11. The monoisotopic (exact) mass is 359 g/mol. The first-order valence-corrected chi connectivity index (χ1v) is 8.70. The highest BCUT2D eigenvalue weighted by Crippen LogP contribution is 2.25. The Morgan fingerprint density at radius 2 is 1.81 bits per heavy atom. The molecule has 1 N–H and O–H groups in total. The van der Waals surface area contributed by atoms with E-state index in [1.54, 1.807) is 11.8 Å². The summed E-state index contributed by atoms with van der Waals surface area (Å²) in [6, 6.07) is 13.8. The van der Waals surface area contributed by atoms with E-state index in [0.717, 1.165) is 27.8 Å². The summed E-state index contributed by atoms with van der Waals surface area (Å²) in [5.74, 6) is 0.930. The molecule has 1 atom stereocenters. The first-order valence-electron chi connectivity index (χ1n) is 6.58. The second-order valence-electron chi connectivity index (χ2n) is 4.69. The molecule has 5 heteroatoms. The van der Waals surface area contributed by atoms with Crippen LogP contribution in [0.5, 0.6) is 0 Å². The Bertz CT molecular complexity index is 604. The molecule has 0 amide bonds. The average Bonchev–Trinajstić information content (AvgIpc) is 2.47. The molecular weight excluding hydrogens is 345 g/mol. The Labute approximate surface area is 145 Å². The summed E-state index contributed by atoms with van der Waals surface area (Å²) in [5.41, 5.74) is 1.07. The minimum atomic E-state index is 0.310. The Morgan fingerprint density at radius 1 is 1.05 bits per heavy atom. The van der Waals surface area contributed by atoms with Crippen LogP contribution in [0.2, 0.25) is 15.1 Å². The summed E-state index contributed by atoms with van der Waals surface area (Å²) in [6.45, 7) is 0. The van der Waals surface area contributed by atoms with Gasteiger partial charge in [-0.3, -0.25) is 0 Å². The van der Waals surface area contributed by atoms with Crippen molar-refractivity contribution in [2.45, 2.75) is 17.4 Å². The van der Waals surface area contributed by atoms with Crippen molar-refractivity contribution in [2.24, 2.45) is 0 Å². The fraction of sp³-hybridized carbons (Fsp3) is 0.250. The molecule has 0 aromatic heterocycles. The third kappa shape index (κ3) is 5.39. The molecule has 2 aromatic carbocycles. The van der Waals surface area contributed by atoms with Crippen molar-refractivity contribution < 1.29 is 0 Å². The normalized spacial score (nSPS) is 12.4. The molecule has 21 heavy (non-hydrogen) atoms. The summed E-state index contributed by atoms with van der Waals surface area (Å²) in [6.07, 6.45) is 0.837. The summed E-state index contributed by atoms with van der Waals surface area (Å²) < 4.78 is 0. The topological polar surface area (TPSA) is 12.0 Å². The van der Waals surface area contributed by atoms with Gasteiger partial charge in [0.2, 0.25) is 0 Å². The van der Waals surface area contributed by atoms with E-state index >= 15 is 0 Å². The number of halogens is 3. The lowest BCUT2D eigenvalue weighted by Crippen LogP contribution is -2.30. The zero-order valence-electron chi connectivity index (χ0n) is 11.6. The molecule has 0 saturated heterocycles. The van der Waals surface area contributed by atoms with E-state index in [1.165, 1.54) is 4.90 Å². The molecule has 112 valence electrons. The zero-order valence-corrected chi connectivity index (χ0v) is 14.7. The molecule has 1 unspecified atom stereocenters. The van der Waals surface area contributed by atoms with E-state index in [0.29, 0.717) is 11.1 Å². The van der Waals surface area contributed by atoms with Crippen LogP contribution < -0.4 is 5.32 Å². The lowest BCUT2D eigenvalue weighted by atomic mass is 10.1. The number of hydrogen-bond acceptors (Lipinski definition) is 2. The third-order valence-corrected chi connectivity index (χ3v) is 5.12. The molecule has 2 aromatic rings. The molecule has 0 aliphatic heterocycles. The fourth-order valence-corrected chi connectivity index (χ4v) is 3.67. The van der Waals surface area contributed by atoms with Gasteiger partial charge >= 0.3 is 0 Å². The van der Waals surface area contributed by atoms with Crippen LogP contribution in [0.15, 0.2) is 47.4 Å². The van der Waals surface area contributed by atoms with Crippen molar-refractivity contribution in [3.05, 3.63) is 63.1 Å². The van der Waals surface area contributed by atoms with Gasteiger partial charge in [0.15, 0.2) is 0 Å². The molecule has 0 bridgehead atoms. The minimum Gasteiger partial charge on any atom is -0.316 e. The van der Waals surface area contributed by atoms with Gasteiger partial charge in [-0.25, -0.2) is 0 Å². The lowest BCUT2D eigenvalue weighted by molar-refractivity contribution is 0.617. The molecule has 0 aliphatic carbocycles. The highest BCUT2D eigenvalue weighted by molar-refractivity contribution is 7.99. The maximum absolute atomic E-state index is 6.22. The van der Waals surface area contributed by atoms with Crippen molar-refractivity contribution >= 4 is 46.6 Å². The fourth-order valence-electron chi connectivity index (χ4n) is 1.96.